The molecule has 1 aliphatic carbocycles. The van der Waals surface area contributed by atoms with E-state index in [2.05, 4.69) is 41.2 Å². The van der Waals surface area contributed by atoms with Gasteiger partial charge in [-0.2, -0.15) is 0 Å². The van der Waals surface area contributed by atoms with Crippen molar-refractivity contribution in [3.63, 3.8) is 0 Å². The minimum atomic E-state index is 0.653. The van der Waals surface area contributed by atoms with Gasteiger partial charge in [0.05, 0.1) is 0 Å². The molecule has 1 aliphatic rings. The number of fused-ring (bicyclic) bond motifs is 1. The smallest absolute Gasteiger partial charge is 0.136 e. The van der Waals surface area contributed by atoms with Gasteiger partial charge in [-0.25, -0.2) is 9.97 Å². The number of aromatic nitrogens is 2. The summed E-state index contributed by atoms with van der Waals surface area (Å²) in [5, 5.41) is 0.653. The minimum Gasteiger partial charge on any atom is -0.237 e. The maximum atomic E-state index is 6.22. The summed E-state index contributed by atoms with van der Waals surface area (Å²) in [4.78, 5) is 9.07. The number of halogens is 1. The lowest BCUT2D eigenvalue weighted by Gasteiger charge is -2.06. The first kappa shape index (κ1) is 11.7. The van der Waals surface area contributed by atoms with Crippen molar-refractivity contribution >= 4 is 11.6 Å². The number of hydrogen-bond acceptors (Lipinski definition) is 2. The quantitative estimate of drug-likeness (QED) is 0.771. The van der Waals surface area contributed by atoms with E-state index in [1.807, 2.05) is 0 Å². The Morgan fingerprint density at radius 2 is 2.11 bits per heavy atom. The Balaban J connectivity index is 1.92. The van der Waals surface area contributed by atoms with Gasteiger partial charge in [-0.1, -0.05) is 41.4 Å². The maximum Gasteiger partial charge on any atom is 0.136 e. The number of nitrogens with zero attached hydrogens (tertiary/aromatic N) is 2. The molecule has 92 valence electrons. The highest BCUT2D eigenvalue weighted by Gasteiger charge is 2.18. The maximum absolute atomic E-state index is 6.22. The van der Waals surface area contributed by atoms with Crippen molar-refractivity contribution in [2.75, 3.05) is 0 Å². The third-order valence-corrected chi connectivity index (χ3v) is 3.69. The number of rotatable bonds is 2. The van der Waals surface area contributed by atoms with Gasteiger partial charge in [0.2, 0.25) is 0 Å². The lowest BCUT2D eigenvalue weighted by Crippen LogP contribution is -2.02. The van der Waals surface area contributed by atoms with E-state index < -0.39 is 0 Å². The fourth-order valence-electron chi connectivity index (χ4n) is 2.52. The van der Waals surface area contributed by atoms with Crippen molar-refractivity contribution in [2.24, 2.45) is 0 Å². The SMILES string of the molecule is Cc1cccc(Cc2nc(Cl)c3c(n2)CCC3)c1. The van der Waals surface area contributed by atoms with E-state index in [-0.39, 0.29) is 0 Å². The molecule has 0 spiro atoms. The first-order valence-electron chi connectivity index (χ1n) is 6.32. The molecule has 3 rings (SSSR count). The van der Waals surface area contributed by atoms with E-state index in [4.69, 9.17) is 11.6 Å². The molecule has 1 heterocycles. The lowest BCUT2D eigenvalue weighted by atomic mass is 10.1. The van der Waals surface area contributed by atoms with Crippen LogP contribution in [0.1, 0.15) is 34.6 Å². The molecule has 0 saturated heterocycles. The molecule has 1 aromatic heterocycles. The van der Waals surface area contributed by atoms with Crippen molar-refractivity contribution < 1.29 is 0 Å². The van der Waals surface area contributed by atoms with Gasteiger partial charge in [0.1, 0.15) is 11.0 Å². The normalized spacial score (nSPS) is 13.7. The first-order chi connectivity index (χ1) is 8.72. The molecular weight excluding hydrogens is 244 g/mol. The average Bonchev–Trinajstić information content (AvgIpc) is 2.77. The van der Waals surface area contributed by atoms with Gasteiger partial charge in [-0.15, -0.1) is 0 Å². The van der Waals surface area contributed by atoms with Crippen molar-refractivity contribution in [3.05, 3.63) is 57.6 Å². The third kappa shape index (κ3) is 2.25. The molecule has 0 radical (unpaired) electrons. The van der Waals surface area contributed by atoms with Gasteiger partial charge in [0.15, 0.2) is 0 Å². The van der Waals surface area contributed by atoms with Gasteiger partial charge >= 0.3 is 0 Å². The van der Waals surface area contributed by atoms with Crippen molar-refractivity contribution in [1.82, 2.24) is 9.97 Å². The van der Waals surface area contributed by atoms with Crippen LogP contribution in [0.4, 0.5) is 0 Å². The topological polar surface area (TPSA) is 25.8 Å². The third-order valence-electron chi connectivity index (χ3n) is 3.37. The van der Waals surface area contributed by atoms with E-state index in [0.717, 1.165) is 42.8 Å². The molecular formula is C15H15ClN2. The van der Waals surface area contributed by atoms with Gasteiger partial charge in [0.25, 0.3) is 0 Å². The van der Waals surface area contributed by atoms with Gasteiger partial charge in [-0.3, -0.25) is 0 Å². The highest BCUT2D eigenvalue weighted by atomic mass is 35.5. The summed E-state index contributed by atoms with van der Waals surface area (Å²) >= 11 is 6.22. The van der Waals surface area contributed by atoms with Crippen molar-refractivity contribution in [3.8, 4) is 0 Å². The van der Waals surface area contributed by atoms with Gasteiger partial charge in [-0.05, 0) is 31.7 Å². The van der Waals surface area contributed by atoms with Crippen LogP contribution in [-0.2, 0) is 19.3 Å². The Bertz CT molecular complexity index is 593. The molecule has 0 aliphatic heterocycles. The Morgan fingerprint density at radius 1 is 1.22 bits per heavy atom. The predicted molar refractivity (Wildman–Crippen MR) is 73.1 cm³/mol. The standard InChI is InChI=1S/C15H15ClN2/c1-10-4-2-5-11(8-10)9-14-17-13-7-3-6-12(13)15(16)18-14/h2,4-5,8H,3,6-7,9H2,1H3. The van der Waals surface area contributed by atoms with Crippen molar-refractivity contribution in [1.29, 1.82) is 0 Å². The van der Waals surface area contributed by atoms with Crippen molar-refractivity contribution in [2.45, 2.75) is 32.6 Å². The van der Waals surface area contributed by atoms with Gasteiger partial charge in [0, 0.05) is 17.7 Å². The zero-order valence-electron chi connectivity index (χ0n) is 10.4. The lowest BCUT2D eigenvalue weighted by molar-refractivity contribution is 0.885. The Morgan fingerprint density at radius 3 is 2.94 bits per heavy atom. The molecule has 3 heteroatoms. The predicted octanol–water partition coefficient (Wildman–Crippen LogP) is 3.52. The summed E-state index contributed by atoms with van der Waals surface area (Å²) in [5.74, 6) is 0.839. The Hall–Kier alpha value is -1.41. The summed E-state index contributed by atoms with van der Waals surface area (Å²) < 4.78 is 0. The van der Waals surface area contributed by atoms with Crippen LogP contribution in [0.15, 0.2) is 24.3 Å². The Labute approximate surface area is 112 Å². The first-order valence-corrected chi connectivity index (χ1v) is 6.70. The molecule has 0 fully saturated rings. The van der Waals surface area contributed by atoms with Crippen LogP contribution in [0.3, 0.4) is 0 Å². The second kappa shape index (κ2) is 4.69. The van der Waals surface area contributed by atoms with Crippen LogP contribution < -0.4 is 0 Å². The van der Waals surface area contributed by atoms with Gasteiger partial charge < -0.3 is 0 Å². The number of benzene rings is 1. The van der Waals surface area contributed by atoms with Crippen LogP contribution >= 0.6 is 11.6 Å². The molecule has 2 aromatic rings. The average molecular weight is 259 g/mol. The summed E-state index contributed by atoms with van der Waals surface area (Å²) in [6.45, 7) is 2.10. The largest absolute Gasteiger partial charge is 0.237 e. The second-order valence-electron chi connectivity index (χ2n) is 4.88. The molecule has 0 atom stereocenters. The zero-order chi connectivity index (χ0) is 12.5. The fourth-order valence-corrected chi connectivity index (χ4v) is 2.82. The molecule has 0 unspecified atom stereocenters. The minimum absolute atomic E-state index is 0.653. The summed E-state index contributed by atoms with van der Waals surface area (Å²) in [6, 6.07) is 8.45. The number of hydrogen-bond donors (Lipinski definition) is 0. The van der Waals surface area contributed by atoms with E-state index in [1.165, 1.54) is 11.1 Å². The highest BCUT2D eigenvalue weighted by molar-refractivity contribution is 6.30. The zero-order valence-corrected chi connectivity index (χ0v) is 11.2. The van der Waals surface area contributed by atoms with Crippen LogP contribution in [-0.4, -0.2) is 9.97 Å². The van der Waals surface area contributed by atoms with Crippen LogP contribution in [0.2, 0.25) is 5.15 Å². The summed E-state index contributed by atoms with van der Waals surface area (Å²) in [5.41, 5.74) is 4.81. The molecule has 1 aromatic carbocycles. The van der Waals surface area contributed by atoms with E-state index in [0.29, 0.717) is 5.15 Å². The monoisotopic (exact) mass is 258 g/mol. The van der Waals surface area contributed by atoms with Crippen LogP contribution in [0.5, 0.6) is 0 Å². The fraction of sp³-hybridized carbons (Fsp3) is 0.333. The molecule has 18 heavy (non-hydrogen) atoms. The second-order valence-corrected chi connectivity index (χ2v) is 5.23. The Kier molecular flexibility index (Phi) is 3.04. The molecule has 0 bridgehead atoms. The van der Waals surface area contributed by atoms with E-state index in [1.54, 1.807) is 0 Å². The number of aryl methyl sites for hydroxylation is 2. The van der Waals surface area contributed by atoms with Crippen LogP contribution in [0, 0.1) is 6.92 Å². The van der Waals surface area contributed by atoms with Crippen LogP contribution in [0.25, 0.3) is 0 Å². The molecule has 2 nitrogen and oxygen atoms in total. The molecule has 0 amide bonds. The van der Waals surface area contributed by atoms with E-state index in [9.17, 15) is 0 Å². The van der Waals surface area contributed by atoms with E-state index >= 15 is 0 Å². The molecule has 0 N–H and O–H groups in total. The summed E-state index contributed by atoms with van der Waals surface area (Å²) in [6.07, 6.45) is 3.98. The summed E-state index contributed by atoms with van der Waals surface area (Å²) in [7, 11) is 0. The molecule has 0 saturated carbocycles. The highest BCUT2D eigenvalue weighted by Crippen LogP contribution is 2.26.